The molecule has 1 saturated heterocycles. The van der Waals surface area contributed by atoms with Gasteiger partial charge in [-0.3, -0.25) is 0 Å². The summed E-state index contributed by atoms with van der Waals surface area (Å²) in [6.45, 7) is 10.8. The lowest BCUT2D eigenvalue weighted by atomic mass is 9.71. The summed E-state index contributed by atoms with van der Waals surface area (Å²) in [5, 5.41) is 7.28. The van der Waals surface area contributed by atoms with Crippen molar-refractivity contribution in [1.82, 2.24) is 10.3 Å². The molecule has 21 heavy (non-hydrogen) atoms. The summed E-state index contributed by atoms with van der Waals surface area (Å²) >= 11 is 3.85. The summed E-state index contributed by atoms with van der Waals surface area (Å²) in [5.41, 5.74) is 1.39. The third-order valence-electron chi connectivity index (χ3n) is 4.56. The highest BCUT2D eigenvalue weighted by atomic mass is 32.2. The zero-order valence-electron chi connectivity index (χ0n) is 13.9. The molecule has 1 aromatic heterocycles. The van der Waals surface area contributed by atoms with E-state index in [1.54, 1.807) is 7.11 Å². The van der Waals surface area contributed by atoms with Crippen molar-refractivity contribution in [3.05, 3.63) is 16.1 Å². The van der Waals surface area contributed by atoms with Crippen LogP contribution in [0, 0.1) is 5.41 Å². The average Bonchev–Trinajstić information content (AvgIpc) is 2.91. The number of nitrogens with one attached hydrogen (secondary N) is 1. The normalized spacial score (nSPS) is 25.4. The summed E-state index contributed by atoms with van der Waals surface area (Å²) in [7, 11) is 1.76. The molecular weight excluding hydrogens is 300 g/mol. The molecule has 2 heterocycles. The van der Waals surface area contributed by atoms with E-state index >= 15 is 0 Å². The summed E-state index contributed by atoms with van der Waals surface area (Å²) in [6, 6.07) is 0. The van der Waals surface area contributed by atoms with Gasteiger partial charge in [-0.15, -0.1) is 11.3 Å². The van der Waals surface area contributed by atoms with E-state index in [0.29, 0.717) is 5.92 Å². The van der Waals surface area contributed by atoms with E-state index in [1.165, 1.54) is 22.9 Å². The lowest BCUT2D eigenvalue weighted by Gasteiger charge is -2.49. The molecule has 0 radical (unpaired) electrons. The monoisotopic (exact) mass is 328 g/mol. The maximum absolute atomic E-state index is 5.24. The van der Waals surface area contributed by atoms with E-state index in [9.17, 15) is 0 Å². The third kappa shape index (κ3) is 3.46. The van der Waals surface area contributed by atoms with Gasteiger partial charge in [0.05, 0.1) is 17.8 Å². The van der Waals surface area contributed by atoms with Crippen LogP contribution in [0.25, 0.3) is 0 Å². The molecule has 1 unspecified atom stereocenters. The Bertz CT molecular complexity index is 459. The number of hydrogen-bond acceptors (Lipinski definition) is 5. The largest absolute Gasteiger partial charge is 0.383 e. The smallest absolute Gasteiger partial charge is 0.114 e. The van der Waals surface area contributed by atoms with Gasteiger partial charge >= 0.3 is 0 Å². The van der Waals surface area contributed by atoms with E-state index in [1.807, 2.05) is 23.1 Å². The molecule has 0 bridgehead atoms. The van der Waals surface area contributed by atoms with Crippen LogP contribution in [-0.2, 0) is 10.3 Å². The van der Waals surface area contributed by atoms with Crippen LogP contribution in [0.15, 0.2) is 5.38 Å². The molecule has 0 aromatic carbocycles. The molecule has 1 aliphatic heterocycles. The minimum atomic E-state index is -0.0355. The number of ether oxygens (including phenoxy) is 1. The van der Waals surface area contributed by atoms with Crippen LogP contribution in [0.1, 0.15) is 50.7 Å². The molecule has 1 aliphatic rings. The molecule has 0 saturated carbocycles. The van der Waals surface area contributed by atoms with Crippen molar-refractivity contribution < 1.29 is 4.74 Å². The second-order valence-corrected chi connectivity index (χ2v) is 8.71. The summed E-state index contributed by atoms with van der Waals surface area (Å²) in [4.78, 5) is 4.98. The molecule has 0 aliphatic carbocycles. The Kier molecular flexibility index (Phi) is 5.74. The summed E-state index contributed by atoms with van der Waals surface area (Å²) in [6.07, 6.45) is 1.22. The first-order valence-corrected chi connectivity index (χ1v) is 9.74. The van der Waals surface area contributed by atoms with E-state index in [2.05, 4.69) is 38.4 Å². The van der Waals surface area contributed by atoms with Gasteiger partial charge in [0.1, 0.15) is 5.01 Å². The minimum absolute atomic E-state index is 0.0355. The maximum Gasteiger partial charge on any atom is 0.114 e. The zero-order chi connectivity index (χ0) is 15.5. The molecule has 1 N–H and O–H groups in total. The van der Waals surface area contributed by atoms with Gasteiger partial charge in [-0.25, -0.2) is 4.98 Å². The Labute approximate surface area is 137 Å². The second kappa shape index (κ2) is 6.99. The first kappa shape index (κ1) is 17.3. The SMILES string of the molecule is COCCNC1(c2nc(C(C)C)cs2)CSCCC1(C)C. The minimum Gasteiger partial charge on any atom is -0.383 e. The molecule has 1 fully saturated rings. The Morgan fingerprint density at radius 3 is 2.76 bits per heavy atom. The van der Waals surface area contributed by atoms with Gasteiger partial charge in [-0.05, 0) is 23.5 Å². The lowest BCUT2D eigenvalue weighted by molar-refractivity contribution is 0.110. The van der Waals surface area contributed by atoms with Gasteiger partial charge in [0, 0.05) is 24.8 Å². The second-order valence-electron chi connectivity index (χ2n) is 6.74. The number of nitrogens with zero attached hydrogens (tertiary/aromatic N) is 1. The van der Waals surface area contributed by atoms with Crippen molar-refractivity contribution in [2.24, 2.45) is 5.41 Å². The van der Waals surface area contributed by atoms with Crippen molar-refractivity contribution in [2.45, 2.75) is 45.6 Å². The lowest BCUT2D eigenvalue weighted by Crippen LogP contribution is -2.58. The Morgan fingerprint density at radius 1 is 1.43 bits per heavy atom. The highest BCUT2D eigenvalue weighted by Gasteiger charge is 2.49. The Hall–Kier alpha value is -0.100. The fourth-order valence-electron chi connectivity index (χ4n) is 2.79. The van der Waals surface area contributed by atoms with Crippen LogP contribution in [-0.4, -0.2) is 36.8 Å². The van der Waals surface area contributed by atoms with Crippen molar-refractivity contribution in [3.63, 3.8) is 0 Å². The van der Waals surface area contributed by atoms with Crippen molar-refractivity contribution in [1.29, 1.82) is 0 Å². The van der Waals surface area contributed by atoms with E-state index < -0.39 is 0 Å². The molecular formula is C16H28N2OS2. The molecule has 0 amide bonds. The number of thioether (sulfide) groups is 1. The number of methoxy groups -OCH3 is 1. The van der Waals surface area contributed by atoms with E-state index in [-0.39, 0.29) is 11.0 Å². The van der Waals surface area contributed by atoms with Gasteiger partial charge in [0.2, 0.25) is 0 Å². The first-order chi connectivity index (χ1) is 9.93. The van der Waals surface area contributed by atoms with Crippen LogP contribution in [0.4, 0.5) is 0 Å². The highest BCUT2D eigenvalue weighted by molar-refractivity contribution is 7.99. The van der Waals surface area contributed by atoms with Gasteiger partial charge in [0.25, 0.3) is 0 Å². The number of hydrogen-bond donors (Lipinski definition) is 1. The van der Waals surface area contributed by atoms with Crippen molar-refractivity contribution >= 4 is 23.1 Å². The predicted molar refractivity (Wildman–Crippen MR) is 93.5 cm³/mol. The first-order valence-electron chi connectivity index (χ1n) is 7.70. The molecule has 3 nitrogen and oxygen atoms in total. The zero-order valence-corrected chi connectivity index (χ0v) is 15.5. The molecule has 120 valence electrons. The predicted octanol–water partition coefficient (Wildman–Crippen LogP) is 3.86. The summed E-state index contributed by atoms with van der Waals surface area (Å²) in [5.74, 6) is 2.82. The maximum atomic E-state index is 5.24. The average molecular weight is 329 g/mol. The van der Waals surface area contributed by atoms with Crippen LogP contribution < -0.4 is 5.32 Å². The fourth-order valence-corrected chi connectivity index (χ4v) is 5.96. The molecule has 1 atom stereocenters. The number of aromatic nitrogens is 1. The standard InChI is InChI=1S/C16H28N2OS2/c1-12(2)13-10-21-14(18-13)16(17-7-8-19-5)11-20-9-6-15(16,3)4/h10,12,17H,6-9,11H2,1-5H3. The van der Waals surface area contributed by atoms with Crippen molar-refractivity contribution in [3.8, 4) is 0 Å². The number of rotatable bonds is 6. The van der Waals surface area contributed by atoms with Crippen molar-refractivity contribution in [2.75, 3.05) is 31.8 Å². The topological polar surface area (TPSA) is 34.1 Å². The van der Waals surface area contributed by atoms with Gasteiger partial charge in [0.15, 0.2) is 0 Å². The molecule has 2 rings (SSSR count). The van der Waals surface area contributed by atoms with Gasteiger partial charge < -0.3 is 10.1 Å². The summed E-state index contributed by atoms with van der Waals surface area (Å²) < 4.78 is 5.24. The molecule has 0 spiro atoms. The molecule has 5 heteroatoms. The quantitative estimate of drug-likeness (QED) is 0.804. The van der Waals surface area contributed by atoms with E-state index in [4.69, 9.17) is 9.72 Å². The van der Waals surface area contributed by atoms with Crippen LogP contribution in [0.5, 0.6) is 0 Å². The van der Waals surface area contributed by atoms with Gasteiger partial charge in [-0.2, -0.15) is 11.8 Å². The van der Waals surface area contributed by atoms with Crippen LogP contribution in [0.3, 0.4) is 0 Å². The fraction of sp³-hybridized carbons (Fsp3) is 0.812. The van der Waals surface area contributed by atoms with Gasteiger partial charge in [-0.1, -0.05) is 27.7 Å². The highest BCUT2D eigenvalue weighted by Crippen LogP contribution is 2.49. The Balaban J connectivity index is 2.34. The van der Waals surface area contributed by atoms with E-state index in [0.717, 1.165) is 18.9 Å². The van der Waals surface area contributed by atoms with Crippen LogP contribution in [0.2, 0.25) is 0 Å². The van der Waals surface area contributed by atoms with Crippen LogP contribution >= 0.6 is 23.1 Å². The Morgan fingerprint density at radius 2 is 2.19 bits per heavy atom. The molecule has 1 aromatic rings. The third-order valence-corrected chi connectivity index (χ3v) is 6.71. The number of thiazole rings is 1.